The summed E-state index contributed by atoms with van der Waals surface area (Å²) < 4.78 is 26.4. The predicted octanol–water partition coefficient (Wildman–Crippen LogP) is 6.46. The van der Waals surface area contributed by atoms with Crippen LogP contribution in [-0.4, -0.2) is 39.9 Å². The Balaban J connectivity index is 1.38. The molecule has 3 aromatic carbocycles. The predicted molar refractivity (Wildman–Crippen MR) is 152 cm³/mol. The number of para-hydroxylation sites is 2. The van der Waals surface area contributed by atoms with E-state index < -0.39 is 17.8 Å². The second-order valence-corrected chi connectivity index (χ2v) is 9.09. The van der Waals surface area contributed by atoms with Crippen LogP contribution in [-0.2, 0) is 22.6 Å². The molecule has 1 heterocycles. The van der Waals surface area contributed by atoms with Crippen LogP contribution in [0.15, 0.2) is 85.1 Å². The van der Waals surface area contributed by atoms with Gasteiger partial charge in [-0.25, -0.2) is 4.39 Å². The number of halogens is 1. The molecule has 0 unspecified atom stereocenters. The van der Waals surface area contributed by atoms with Gasteiger partial charge in [-0.15, -0.1) is 0 Å². The number of rotatable bonds is 14. The van der Waals surface area contributed by atoms with Crippen molar-refractivity contribution in [1.29, 1.82) is 0 Å². The molecule has 4 rings (SSSR count). The zero-order valence-electron chi connectivity index (χ0n) is 21.8. The van der Waals surface area contributed by atoms with E-state index in [1.165, 1.54) is 6.07 Å². The van der Waals surface area contributed by atoms with Crippen molar-refractivity contribution in [2.24, 2.45) is 0 Å². The summed E-state index contributed by atoms with van der Waals surface area (Å²) in [6.45, 7) is 0.393. The summed E-state index contributed by atoms with van der Waals surface area (Å²) in [6, 6.07) is 19.6. The van der Waals surface area contributed by atoms with Gasteiger partial charge in [0.2, 0.25) is 0 Å². The molecule has 0 saturated carbocycles. The third-order valence-corrected chi connectivity index (χ3v) is 6.17. The lowest BCUT2D eigenvalue weighted by atomic mass is 10.0. The van der Waals surface area contributed by atoms with E-state index in [1.807, 2.05) is 60.8 Å². The highest BCUT2D eigenvalue weighted by atomic mass is 19.1. The van der Waals surface area contributed by atoms with Gasteiger partial charge in [-0.05, 0) is 65.9 Å². The highest BCUT2D eigenvalue weighted by molar-refractivity contribution is 5.94. The molecule has 0 aliphatic carbocycles. The molecule has 0 fully saturated rings. The van der Waals surface area contributed by atoms with Gasteiger partial charge in [0.15, 0.2) is 11.6 Å². The maximum atomic E-state index is 13.5. The van der Waals surface area contributed by atoms with Crippen molar-refractivity contribution < 1.29 is 33.7 Å². The number of carboxylic acids is 2. The summed E-state index contributed by atoms with van der Waals surface area (Å²) >= 11 is 0. The van der Waals surface area contributed by atoms with Crippen molar-refractivity contribution in [3.05, 3.63) is 108 Å². The topological polar surface area (TPSA) is 98.0 Å². The van der Waals surface area contributed by atoms with E-state index in [2.05, 4.69) is 0 Å². The van der Waals surface area contributed by atoms with Crippen molar-refractivity contribution in [1.82, 2.24) is 4.57 Å². The third kappa shape index (κ3) is 7.83. The minimum Gasteiger partial charge on any atom is -0.490 e. The van der Waals surface area contributed by atoms with Crippen LogP contribution in [0.25, 0.3) is 23.1 Å². The summed E-state index contributed by atoms with van der Waals surface area (Å²) in [4.78, 5) is 22.4. The number of aliphatic carboxylic acids is 2. The Hall–Kier alpha value is -4.85. The maximum absolute atomic E-state index is 13.5. The standard InChI is InChI=1S/C32H30FNO6/c33-28-10-1-2-11-29(28)40-20-4-3-19-39-26-17-14-23(15-18-26)13-16-24-7-5-9-27-25(8-6-12-30(35)36)21-34(32(24)27)22-31(37)38/h1-5,7,9-11,13-18,21H,6,8,12,19-20,22H2,(H,35,36)(H,37,38)/b4-3+,16-13+. The number of carbonyl (C=O) groups is 2. The van der Waals surface area contributed by atoms with Gasteiger partial charge in [-0.3, -0.25) is 9.59 Å². The Bertz CT molecular complexity index is 1520. The van der Waals surface area contributed by atoms with Crippen LogP contribution < -0.4 is 9.47 Å². The van der Waals surface area contributed by atoms with Crippen LogP contribution in [0.1, 0.15) is 29.5 Å². The minimum absolute atomic E-state index is 0.0606. The number of carboxylic acid groups (broad SMARTS) is 2. The van der Waals surface area contributed by atoms with Crippen LogP contribution in [0.5, 0.6) is 11.5 Å². The minimum atomic E-state index is -0.948. The number of aryl methyl sites for hydroxylation is 1. The Morgan fingerprint density at radius 3 is 2.33 bits per heavy atom. The van der Waals surface area contributed by atoms with Crippen LogP contribution in [0.2, 0.25) is 0 Å². The lowest BCUT2D eigenvalue weighted by molar-refractivity contribution is -0.138. The summed E-state index contributed by atoms with van der Waals surface area (Å²) in [6.07, 6.45) is 10.4. The van der Waals surface area contributed by atoms with Crippen molar-refractivity contribution in [3.63, 3.8) is 0 Å². The molecule has 0 bridgehead atoms. The molecule has 40 heavy (non-hydrogen) atoms. The fourth-order valence-corrected chi connectivity index (χ4v) is 4.34. The van der Waals surface area contributed by atoms with E-state index >= 15 is 0 Å². The van der Waals surface area contributed by atoms with Gasteiger partial charge < -0.3 is 24.3 Å². The lowest BCUT2D eigenvalue weighted by Gasteiger charge is -2.06. The average molecular weight is 544 g/mol. The molecule has 0 amide bonds. The first-order chi connectivity index (χ1) is 19.4. The van der Waals surface area contributed by atoms with Crippen molar-refractivity contribution in [2.45, 2.75) is 25.8 Å². The maximum Gasteiger partial charge on any atom is 0.323 e. The Morgan fingerprint density at radius 2 is 1.60 bits per heavy atom. The molecular weight excluding hydrogens is 513 g/mol. The van der Waals surface area contributed by atoms with E-state index in [9.17, 15) is 19.1 Å². The fourth-order valence-electron chi connectivity index (χ4n) is 4.34. The molecule has 0 radical (unpaired) electrons. The summed E-state index contributed by atoms with van der Waals surface area (Å²) in [7, 11) is 0. The molecular formula is C32H30FNO6. The third-order valence-electron chi connectivity index (χ3n) is 6.17. The first kappa shape index (κ1) is 28.2. The van der Waals surface area contributed by atoms with E-state index in [1.54, 1.807) is 34.9 Å². The molecule has 0 saturated heterocycles. The van der Waals surface area contributed by atoms with Gasteiger partial charge in [0.1, 0.15) is 25.5 Å². The summed E-state index contributed by atoms with van der Waals surface area (Å²) in [5.74, 6) is -1.29. The van der Waals surface area contributed by atoms with Gasteiger partial charge in [-0.1, -0.05) is 54.6 Å². The number of nitrogens with zero attached hydrogens (tertiary/aromatic N) is 1. The van der Waals surface area contributed by atoms with Crippen molar-refractivity contribution in [3.8, 4) is 11.5 Å². The summed E-state index contributed by atoms with van der Waals surface area (Å²) in [5, 5.41) is 19.3. The molecule has 1 aromatic heterocycles. The van der Waals surface area contributed by atoms with Crippen LogP contribution in [0, 0.1) is 5.82 Å². The highest BCUT2D eigenvalue weighted by Crippen LogP contribution is 2.28. The molecule has 206 valence electrons. The van der Waals surface area contributed by atoms with Gasteiger partial charge in [0.25, 0.3) is 0 Å². The molecule has 0 aliphatic heterocycles. The average Bonchev–Trinajstić information content (AvgIpc) is 3.28. The molecule has 8 heteroatoms. The SMILES string of the molecule is O=C(O)CCCc1cn(CC(=O)O)c2c(/C=C/c3ccc(OC/C=C/COc4ccccc4F)cc3)cccc12. The number of fused-ring (bicyclic) bond motifs is 1. The summed E-state index contributed by atoms with van der Waals surface area (Å²) in [5.41, 5.74) is 3.54. The molecule has 4 aromatic rings. The van der Waals surface area contributed by atoms with Gasteiger partial charge in [-0.2, -0.15) is 0 Å². The Labute approximate surface area is 231 Å². The van der Waals surface area contributed by atoms with Gasteiger partial charge in [0, 0.05) is 18.0 Å². The largest absolute Gasteiger partial charge is 0.490 e. The Kier molecular flexibility index (Phi) is 9.72. The number of benzene rings is 3. The van der Waals surface area contributed by atoms with E-state index in [-0.39, 0.29) is 25.3 Å². The van der Waals surface area contributed by atoms with Crippen LogP contribution >= 0.6 is 0 Å². The zero-order chi connectivity index (χ0) is 28.3. The highest BCUT2D eigenvalue weighted by Gasteiger charge is 2.13. The van der Waals surface area contributed by atoms with E-state index in [0.29, 0.717) is 25.2 Å². The second-order valence-electron chi connectivity index (χ2n) is 9.09. The van der Waals surface area contributed by atoms with Crippen LogP contribution in [0.3, 0.4) is 0 Å². The zero-order valence-corrected chi connectivity index (χ0v) is 21.8. The first-order valence-corrected chi connectivity index (χ1v) is 12.9. The molecule has 0 atom stereocenters. The van der Waals surface area contributed by atoms with Crippen molar-refractivity contribution in [2.75, 3.05) is 13.2 Å². The lowest BCUT2D eigenvalue weighted by Crippen LogP contribution is -2.07. The normalized spacial score (nSPS) is 11.4. The number of ether oxygens (including phenoxy) is 2. The van der Waals surface area contributed by atoms with Gasteiger partial charge >= 0.3 is 11.9 Å². The second kappa shape index (κ2) is 13.8. The number of hydrogen-bond donors (Lipinski definition) is 2. The monoisotopic (exact) mass is 543 g/mol. The van der Waals surface area contributed by atoms with E-state index in [4.69, 9.17) is 14.6 Å². The first-order valence-electron chi connectivity index (χ1n) is 12.9. The van der Waals surface area contributed by atoms with Crippen molar-refractivity contribution >= 4 is 35.0 Å². The Morgan fingerprint density at radius 1 is 0.850 bits per heavy atom. The number of aromatic nitrogens is 1. The molecule has 0 spiro atoms. The molecule has 7 nitrogen and oxygen atoms in total. The van der Waals surface area contributed by atoms with E-state index in [0.717, 1.165) is 27.6 Å². The fraction of sp³-hybridized carbons (Fsp3) is 0.188. The smallest absolute Gasteiger partial charge is 0.323 e. The van der Waals surface area contributed by atoms with Crippen LogP contribution in [0.4, 0.5) is 4.39 Å². The quantitative estimate of drug-likeness (QED) is 0.140. The molecule has 2 N–H and O–H groups in total. The molecule has 0 aliphatic rings. The number of hydrogen-bond acceptors (Lipinski definition) is 4. The van der Waals surface area contributed by atoms with Gasteiger partial charge in [0.05, 0.1) is 5.52 Å².